The van der Waals surface area contributed by atoms with E-state index in [4.69, 9.17) is 4.74 Å². The lowest BCUT2D eigenvalue weighted by Crippen LogP contribution is -2.41. The van der Waals surface area contributed by atoms with E-state index in [0.717, 1.165) is 11.1 Å². The molecule has 4 rings (SSSR count). The molecular formula is C23H24N4O3. The number of morpholine rings is 1. The van der Waals surface area contributed by atoms with Gasteiger partial charge in [-0.1, -0.05) is 42.5 Å². The van der Waals surface area contributed by atoms with Crippen molar-refractivity contribution >= 4 is 17.5 Å². The van der Waals surface area contributed by atoms with E-state index in [2.05, 4.69) is 10.4 Å². The molecule has 1 aromatic heterocycles. The zero-order chi connectivity index (χ0) is 20.9. The van der Waals surface area contributed by atoms with E-state index in [1.54, 1.807) is 21.7 Å². The van der Waals surface area contributed by atoms with Gasteiger partial charge in [0, 0.05) is 25.2 Å². The van der Waals surface area contributed by atoms with Crippen LogP contribution >= 0.6 is 0 Å². The average Bonchev–Trinajstić information content (AvgIpc) is 3.22. The maximum absolute atomic E-state index is 13.0. The molecule has 1 N–H and O–H groups in total. The highest BCUT2D eigenvalue weighted by Crippen LogP contribution is 2.22. The van der Waals surface area contributed by atoms with Crippen LogP contribution in [0.25, 0.3) is 11.1 Å². The van der Waals surface area contributed by atoms with Crippen LogP contribution in [0, 0.1) is 0 Å². The summed E-state index contributed by atoms with van der Waals surface area (Å²) in [6.45, 7) is 4.54. The van der Waals surface area contributed by atoms with E-state index < -0.39 is 0 Å². The van der Waals surface area contributed by atoms with Gasteiger partial charge in [0.15, 0.2) is 0 Å². The molecule has 1 saturated heterocycles. The number of nitrogens with zero attached hydrogens (tertiary/aromatic N) is 3. The van der Waals surface area contributed by atoms with Crippen LogP contribution in [0.1, 0.15) is 27.8 Å². The molecule has 7 nitrogen and oxygen atoms in total. The lowest BCUT2D eigenvalue weighted by atomic mass is 10.0. The van der Waals surface area contributed by atoms with Crippen LogP contribution in [-0.4, -0.2) is 52.8 Å². The highest BCUT2D eigenvalue weighted by Gasteiger charge is 2.26. The predicted octanol–water partition coefficient (Wildman–Crippen LogP) is 3.29. The monoisotopic (exact) mass is 404 g/mol. The van der Waals surface area contributed by atoms with Crippen LogP contribution in [-0.2, 0) is 11.3 Å². The fourth-order valence-electron chi connectivity index (χ4n) is 3.50. The number of aryl methyl sites for hydroxylation is 1. The highest BCUT2D eigenvalue weighted by molar-refractivity contribution is 6.08. The molecule has 0 atom stereocenters. The Kier molecular flexibility index (Phi) is 5.90. The van der Waals surface area contributed by atoms with Gasteiger partial charge in [-0.25, -0.2) is 0 Å². The molecule has 0 radical (unpaired) electrons. The van der Waals surface area contributed by atoms with Crippen molar-refractivity contribution in [3.63, 3.8) is 0 Å². The van der Waals surface area contributed by atoms with Crippen molar-refractivity contribution in [1.82, 2.24) is 14.7 Å². The average molecular weight is 404 g/mol. The molecule has 0 spiro atoms. The van der Waals surface area contributed by atoms with Crippen molar-refractivity contribution in [2.75, 3.05) is 31.6 Å². The number of ether oxygens (including phenoxy) is 1. The smallest absolute Gasteiger partial charge is 0.274 e. The SMILES string of the molecule is CCn1ncc(NC(=O)c2ccc(-c3ccccc3)cc2)c1C(=O)N1CCOCC1. The lowest BCUT2D eigenvalue weighted by molar-refractivity contribution is 0.0295. The van der Waals surface area contributed by atoms with Crippen molar-refractivity contribution < 1.29 is 14.3 Å². The molecule has 3 aromatic rings. The molecule has 30 heavy (non-hydrogen) atoms. The topological polar surface area (TPSA) is 76.5 Å². The van der Waals surface area contributed by atoms with Gasteiger partial charge in [-0.05, 0) is 30.2 Å². The molecule has 1 aliphatic rings. The van der Waals surface area contributed by atoms with Gasteiger partial charge in [-0.3, -0.25) is 14.3 Å². The van der Waals surface area contributed by atoms with Gasteiger partial charge in [0.05, 0.1) is 25.1 Å². The number of hydrogen-bond acceptors (Lipinski definition) is 4. The molecule has 2 amide bonds. The third-order valence-corrected chi connectivity index (χ3v) is 5.14. The summed E-state index contributed by atoms with van der Waals surface area (Å²) in [6.07, 6.45) is 1.54. The number of rotatable bonds is 5. The van der Waals surface area contributed by atoms with Crippen LogP contribution in [0.4, 0.5) is 5.69 Å². The summed E-state index contributed by atoms with van der Waals surface area (Å²) in [4.78, 5) is 27.6. The molecular weight excluding hydrogens is 380 g/mol. The first-order valence-electron chi connectivity index (χ1n) is 10.1. The van der Waals surface area contributed by atoms with Crippen molar-refractivity contribution in [3.8, 4) is 11.1 Å². The number of aromatic nitrogens is 2. The van der Waals surface area contributed by atoms with Gasteiger partial charge in [-0.15, -0.1) is 0 Å². The molecule has 7 heteroatoms. The number of hydrogen-bond donors (Lipinski definition) is 1. The zero-order valence-corrected chi connectivity index (χ0v) is 16.9. The number of nitrogens with one attached hydrogen (secondary N) is 1. The molecule has 0 bridgehead atoms. The summed E-state index contributed by atoms with van der Waals surface area (Å²) in [6, 6.07) is 17.4. The number of benzene rings is 2. The Bertz CT molecular complexity index is 1020. The summed E-state index contributed by atoms with van der Waals surface area (Å²) >= 11 is 0. The normalized spacial score (nSPS) is 13.8. The minimum Gasteiger partial charge on any atom is -0.378 e. The molecule has 1 fully saturated rings. The number of anilines is 1. The van der Waals surface area contributed by atoms with Gasteiger partial charge in [0.2, 0.25) is 0 Å². The van der Waals surface area contributed by atoms with E-state index in [0.29, 0.717) is 49.8 Å². The van der Waals surface area contributed by atoms with Crippen molar-refractivity contribution in [1.29, 1.82) is 0 Å². The number of carbonyl (C=O) groups excluding carboxylic acids is 2. The summed E-state index contributed by atoms with van der Waals surface area (Å²) < 4.78 is 6.95. The highest BCUT2D eigenvalue weighted by atomic mass is 16.5. The van der Waals surface area contributed by atoms with Crippen LogP contribution in [0.15, 0.2) is 60.8 Å². The summed E-state index contributed by atoms with van der Waals surface area (Å²) in [5.41, 5.74) is 3.46. The molecule has 0 saturated carbocycles. The van der Waals surface area contributed by atoms with Gasteiger partial charge >= 0.3 is 0 Å². The summed E-state index contributed by atoms with van der Waals surface area (Å²) in [7, 11) is 0. The van der Waals surface area contributed by atoms with Gasteiger partial charge < -0.3 is 15.0 Å². The fraction of sp³-hybridized carbons (Fsp3) is 0.261. The fourth-order valence-corrected chi connectivity index (χ4v) is 3.50. The molecule has 1 aliphatic heterocycles. The van der Waals surface area contributed by atoms with E-state index in [-0.39, 0.29) is 11.8 Å². The zero-order valence-electron chi connectivity index (χ0n) is 16.9. The third-order valence-electron chi connectivity index (χ3n) is 5.14. The quantitative estimate of drug-likeness (QED) is 0.708. The Labute approximate surface area is 175 Å². The maximum atomic E-state index is 13.0. The second-order valence-electron chi connectivity index (χ2n) is 7.02. The molecule has 0 aliphatic carbocycles. The van der Waals surface area contributed by atoms with Crippen LogP contribution in [0.3, 0.4) is 0 Å². The summed E-state index contributed by atoms with van der Waals surface area (Å²) in [5.74, 6) is -0.423. The van der Waals surface area contributed by atoms with Crippen LogP contribution < -0.4 is 5.32 Å². The van der Waals surface area contributed by atoms with E-state index in [9.17, 15) is 9.59 Å². The van der Waals surface area contributed by atoms with Crippen LogP contribution in [0.5, 0.6) is 0 Å². The largest absolute Gasteiger partial charge is 0.378 e. The summed E-state index contributed by atoms with van der Waals surface area (Å²) in [5, 5.41) is 7.13. The van der Waals surface area contributed by atoms with E-state index >= 15 is 0 Å². The molecule has 2 heterocycles. The lowest BCUT2D eigenvalue weighted by Gasteiger charge is -2.27. The Morgan fingerprint density at radius 1 is 1.00 bits per heavy atom. The second-order valence-corrected chi connectivity index (χ2v) is 7.02. The molecule has 154 valence electrons. The molecule has 0 unspecified atom stereocenters. The number of amides is 2. The minimum atomic E-state index is -0.277. The Morgan fingerprint density at radius 2 is 1.67 bits per heavy atom. The Morgan fingerprint density at radius 3 is 2.33 bits per heavy atom. The maximum Gasteiger partial charge on any atom is 0.274 e. The van der Waals surface area contributed by atoms with Gasteiger partial charge in [0.25, 0.3) is 11.8 Å². The van der Waals surface area contributed by atoms with Gasteiger partial charge in [0.1, 0.15) is 5.69 Å². The van der Waals surface area contributed by atoms with E-state index in [1.165, 1.54) is 6.20 Å². The standard InChI is InChI=1S/C23H24N4O3/c1-2-27-21(23(29)26-12-14-30-15-13-26)20(16-24-27)25-22(28)19-10-8-18(9-11-19)17-6-4-3-5-7-17/h3-11,16H,2,12-15H2,1H3,(H,25,28). The second kappa shape index (κ2) is 8.92. The van der Waals surface area contributed by atoms with Gasteiger partial charge in [-0.2, -0.15) is 5.10 Å². The Hall–Kier alpha value is -3.45. The first kappa shape index (κ1) is 19.8. The minimum absolute atomic E-state index is 0.146. The van der Waals surface area contributed by atoms with Crippen molar-refractivity contribution in [2.45, 2.75) is 13.5 Å². The predicted molar refractivity (Wildman–Crippen MR) is 114 cm³/mol. The first-order valence-corrected chi connectivity index (χ1v) is 10.1. The first-order chi connectivity index (χ1) is 14.7. The third kappa shape index (κ3) is 4.11. The van der Waals surface area contributed by atoms with Crippen molar-refractivity contribution in [2.24, 2.45) is 0 Å². The van der Waals surface area contributed by atoms with Crippen LogP contribution in [0.2, 0.25) is 0 Å². The number of carbonyl (C=O) groups is 2. The van der Waals surface area contributed by atoms with E-state index in [1.807, 2.05) is 49.4 Å². The Balaban J connectivity index is 1.53. The molecule has 2 aromatic carbocycles. The van der Waals surface area contributed by atoms with Crippen molar-refractivity contribution in [3.05, 3.63) is 72.1 Å².